The van der Waals surface area contributed by atoms with Crippen molar-refractivity contribution in [1.29, 1.82) is 0 Å². The summed E-state index contributed by atoms with van der Waals surface area (Å²) in [6, 6.07) is 11.3. The summed E-state index contributed by atoms with van der Waals surface area (Å²) >= 11 is 0. The van der Waals surface area contributed by atoms with Crippen LogP contribution < -0.4 is 0 Å². The van der Waals surface area contributed by atoms with Crippen molar-refractivity contribution < 1.29 is 9.68 Å². The molecule has 128 valence electrons. The lowest BCUT2D eigenvalue weighted by molar-refractivity contribution is 0.179. The van der Waals surface area contributed by atoms with Crippen molar-refractivity contribution in [2.45, 2.75) is 20.8 Å². The fourth-order valence-corrected chi connectivity index (χ4v) is 1.97. The van der Waals surface area contributed by atoms with Gasteiger partial charge in [0.05, 0.1) is 11.4 Å². The highest BCUT2D eigenvalue weighted by Gasteiger charge is 2.00. The van der Waals surface area contributed by atoms with Gasteiger partial charge in [0, 0.05) is 5.69 Å². The zero-order chi connectivity index (χ0) is 18.1. The topological polar surface area (TPSA) is 69.0 Å². The second-order valence-corrected chi connectivity index (χ2v) is 5.18. The van der Waals surface area contributed by atoms with Crippen molar-refractivity contribution in [3.05, 3.63) is 59.2 Å². The first kappa shape index (κ1) is 18.1. The summed E-state index contributed by atoms with van der Waals surface area (Å²) in [6.45, 7) is 5.77. The minimum atomic E-state index is 0.167. The summed E-state index contributed by atoms with van der Waals surface area (Å²) in [4.78, 5) is 18.8. The van der Waals surface area contributed by atoms with Crippen molar-refractivity contribution in [3.63, 3.8) is 0 Å². The molecule has 0 fully saturated rings. The van der Waals surface area contributed by atoms with E-state index < -0.39 is 0 Å². The van der Waals surface area contributed by atoms with Crippen LogP contribution in [0.15, 0.2) is 46.7 Å². The molecule has 0 aliphatic rings. The van der Waals surface area contributed by atoms with Crippen LogP contribution >= 0.6 is 0 Å². The third-order valence-corrected chi connectivity index (χ3v) is 3.16. The Labute approximate surface area is 147 Å². The summed E-state index contributed by atoms with van der Waals surface area (Å²) in [7, 11) is 1.50. The standard InChI is InChI=1S/C19H20N4O2/c1-14-8-5-11-18(20-14)16(3)23-25-13-7-10-17-9-6-12-19(21-17)15(2)22-24-4/h5-6,8-9,11-12H,13H2,1-4H3. The maximum Gasteiger partial charge on any atom is 0.177 e. The van der Waals surface area contributed by atoms with Gasteiger partial charge in [-0.15, -0.1) is 0 Å². The third-order valence-electron chi connectivity index (χ3n) is 3.16. The van der Waals surface area contributed by atoms with Crippen LogP contribution in [0.25, 0.3) is 0 Å². The van der Waals surface area contributed by atoms with Crippen LogP contribution in [-0.4, -0.2) is 35.1 Å². The Morgan fingerprint density at radius 3 is 2.40 bits per heavy atom. The highest BCUT2D eigenvalue weighted by molar-refractivity contribution is 5.97. The molecule has 2 aromatic rings. The van der Waals surface area contributed by atoms with Crippen LogP contribution in [0, 0.1) is 18.8 Å². The van der Waals surface area contributed by atoms with Crippen LogP contribution in [0.3, 0.4) is 0 Å². The average molecular weight is 336 g/mol. The zero-order valence-electron chi connectivity index (χ0n) is 14.8. The van der Waals surface area contributed by atoms with Gasteiger partial charge < -0.3 is 9.68 Å². The van der Waals surface area contributed by atoms with E-state index in [0.717, 1.165) is 11.4 Å². The van der Waals surface area contributed by atoms with Crippen molar-refractivity contribution in [2.24, 2.45) is 10.3 Å². The molecule has 0 saturated heterocycles. The Morgan fingerprint density at radius 2 is 1.68 bits per heavy atom. The largest absolute Gasteiger partial charge is 0.399 e. The van der Waals surface area contributed by atoms with Crippen LogP contribution in [0.2, 0.25) is 0 Å². The molecule has 6 nitrogen and oxygen atoms in total. The monoisotopic (exact) mass is 336 g/mol. The van der Waals surface area contributed by atoms with Crippen molar-refractivity contribution in [1.82, 2.24) is 9.97 Å². The number of hydrogen-bond donors (Lipinski definition) is 0. The van der Waals surface area contributed by atoms with E-state index in [1.54, 1.807) is 0 Å². The molecule has 0 aromatic carbocycles. The molecule has 6 heteroatoms. The van der Waals surface area contributed by atoms with Crippen LogP contribution in [0.1, 0.15) is 36.6 Å². The number of hydrogen-bond acceptors (Lipinski definition) is 6. The van der Waals surface area contributed by atoms with Crippen molar-refractivity contribution in [3.8, 4) is 11.8 Å². The number of rotatable bonds is 5. The van der Waals surface area contributed by atoms with Gasteiger partial charge in [0.25, 0.3) is 0 Å². The van der Waals surface area contributed by atoms with E-state index in [4.69, 9.17) is 9.68 Å². The summed E-state index contributed by atoms with van der Waals surface area (Å²) in [5.41, 5.74) is 4.47. The second kappa shape index (κ2) is 9.18. The molecule has 2 aromatic heterocycles. The van der Waals surface area contributed by atoms with E-state index in [9.17, 15) is 0 Å². The molecular formula is C19H20N4O2. The van der Waals surface area contributed by atoms with Crippen LogP contribution in [-0.2, 0) is 9.68 Å². The Hall–Kier alpha value is -3.20. The molecule has 0 unspecified atom stereocenters. The average Bonchev–Trinajstić information content (AvgIpc) is 2.61. The molecule has 0 bridgehead atoms. The molecule has 0 aliphatic carbocycles. The Bertz CT molecular complexity index is 848. The molecule has 0 atom stereocenters. The Morgan fingerprint density at radius 1 is 1.00 bits per heavy atom. The first-order valence-corrected chi connectivity index (χ1v) is 7.75. The molecule has 25 heavy (non-hydrogen) atoms. The highest BCUT2D eigenvalue weighted by Crippen LogP contribution is 2.02. The molecule has 0 saturated carbocycles. The molecule has 0 aliphatic heterocycles. The van der Waals surface area contributed by atoms with Gasteiger partial charge in [-0.1, -0.05) is 28.4 Å². The molecule has 2 heterocycles. The van der Waals surface area contributed by atoms with E-state index in [0.29, 0.717) is 22.8 Å². The summed E-state index contributed by atoms with van der Waals surface area (Å²) in [5.74, 6) is 5.82. The van der Waals surface area contributed by atoms with Crippen molar-refractivity contribution in [2.75, 3.05) is 13.7 Å². The lowest BCUT2D eigenvalue weighted by Crippen LogP contribution is -2.01. The number of aromatic nitrogens is 2. The molecule has 2 rings (SSSR count). The first-order chi connectivity index (χ1) is 12.1. The van der Waals surface area contributed by atoms with E-state index in [1.807, 2.05) is 57.2 Å². The van der Waals surface area contributed by atoms with E-state index in [-0.39, 0.29) is 6.61 Å². The number of pyridine rings is 2. The van der Waals surface area contributed by atoms with Gasteiger partial charge in [-0.25, -0.2) is 4.98 Å². The van der Waals surface area contributed by atoms with E-state index in [2.05, 4.69) is 32.1 Å². The molecular weight excluding hydrogens is 316 g/mol. The minimum Gasteiger partial charge on any atom is -0.399 e. The fourth-order valence-electron chi connectivity index (χ4n) is 1.97. The predicted octanol–water partition coefficient (Wildman–Crippen LogP) is 2.95. The number of aryl methyl sites for hydroxylation is 1. The lowest BCUT2D eigenvalue weighted by atomic mass is 10.2. The van der Waals surface area contributed by atoms with Gasteiger partial charge in [-0.05, 0) is 51.0 Å². The fraction of sp³-hybridized carbons (Fsp3) is 0.263. The maximum atomic E-state index is 5.23. The zero-order valence-corrected chi connectivity index (χ0v) is 14.8. The summed E-state index contributed by atoms with van der Waals surface area (Å²) < 4.78 is 0. The van der Waals surface area contributed by atoms with Gasteiger partial charge in [-0.2, -0.15) is 0 Å². The van der Waals surface area contributed by atoms with Gasteiger partial charge in [0.2, 0.25) is 0 Å². The molecule has 0 N–H and O–H groups in total. The second-order valence-electron chi connectivity index (χ2n) is 5.18. The predicted molar refractivity (Wildman–Crippen MR) is 97.5 cm³/mol. The number of nitrogens with zero attached hydrogens (tertiary/aromatic N) is 4. The van der Waals surface area contributed by atoms with E-state index in [1.165, 1.54) is 7.11 Å². The van der Waals surface area contributed by atoms with Gasteiger partial charge >= 0.3 is 0 Å². The Kier molecular flexibility index (Phi) is 6.66. The Balaban J connectivity index is 1.96. The normalized spacial score (nSPS) is 11.5. The van der Waals surface area contributed by atoms with Crippen molar-refractivity contribution >= 4 is 11.4 Å². The quantitative estimate of drug-likeness (QED) is 0.364. The third kappa shape index (κ3) is 5.74. The highest BCUT2D eigenvalue weighted by atomic mass is 16.6. The van der Waals surface area contributed by atoms with Gasteiger partial charge in [-0.3, -0.25) is 4.98 Å². The van der Waals surface area contributed by atoms with Gasteiger partial charge in [0.15, 0.2) is 6.61 Å². The molecule has 0 spiro atoms. The summed E-state index contributed by atoms with van der Waals surface area (Å²) in [5, 5.41) is 7.89. The maximum absolute atomic E-state index is 5.23. The summed E-state index contributed by atoms with van der Waals surface area (Å²) in [6.07, 6.45) is 0. The number of oxime groups is 2. The minimum absolute atomic E-state index is 0.167. The van der Waals surface area contributed by atoms with Crippen LogP contribution in [0.4, 0.5) is 0 Å². The van der Waals surface area contributed by atoms with E-state index >= 15 is 0 Å². The van der Waals surface area contributed by atoms with Gasteiger partial charge in [0.1, 0.15) is 24.2 Å². The smallest absolute Gasteiger partial charge is 0.177 e. The molecule has 0 amide bonds. The molecule has 0 radical (unpaired) electrons. The van der Waals surface area contributed by atoms with Crippen LogP contribution in [0.5, 0.6) is 0 Å². The first-order valence-electron chi connectivity index (χ1n) is 7.75. The SMILES string of the molecule is CON=C(C)c1cccc(C#CCON=C(C)c2cccc(C)n2)n1. The lowest BCUT2D eigenvalue weighted by Gasteiger charge is -2.00.